The van der Waals surface area contributed by atoms with Crippen LogP contribution < -0.4 is 19.5 Å². The zero-order valence-electron chi connectivity index (χ0n) is 16.8. The van der Waals surface area contributed by atoms with Crippen molar-refractivity contribution >= 4 is 40.6 Å². The first-order chi connectivity index (χ1) is 14.4. The number of carbonyl (C=O) groups is 2. The molecule has 0 radical (unpaired) electrons. The normalized spacial score (nSPS) is 15.9. The fraction of sp³-hybridized carbons (Fsp3) is 0.190. The maximum atomic E-state index is 12.4. The minimum atomic E-state index is -1.04. The molecule has 1 amide bonds. The molecule has 0 aromatic heterocycles. The number of aliphatic imine (C=N–C) groups is 1. The summed E-state index contributed by atoms with van der Waals surface area (Å²) in [5.74, 6) is 0.0630. The third-order valence-corrected chi connectivity index (χ3v) is 5.22. The summed E-state index contributed by atoms with van der Waals surface area (Å²) in [7, 11) is 4.55. The molecule has 9 heteroatoms. The van der Waals surface area contributed by atoms with Crippen LogP contribution in [0.25, 0.3) is 6.08 Å². The van der Waals surface area contributed by atoms with Crippen molar-refractivity contribution in [1.82, 2.24) is 5.32 Å². The van der Waals surface area contributed by atoms with Crippen molar-refractivity contribution in [2.24, 2.45) is 4.99 Å². The number of hydrogen-bond donors (Lipinski definition) is 2. The molecule has 2 aromatic carbocycles. The van der Waals surface area contributed by atoms with Crippen LogP contribution in [0.3, 0.4) is 0 Å². The van der Waals surface area contributed by atoms with Gasteiger partial charge in [0.15, 0.2) is 16.7 Å². The number of ether oxygens (including phenoxy) is 3. The van der Waals surface area contributed by atoms with Crippen LogP contribution in [0.5, 0.6) is 17.2 Å². The Bertz CT molecular complexity index is 1050. The van der Waals surface area contributed by atoms with Crippen molar-refractivity contribution < 1.29 is 28.9 Å². The van der Waals surface area contributed by atoms with Gasteiger partial charge in [0.1, 0.15) is 0 Å². The minimum absolute atomic E-state index is 0.127. The number of thioether (sulfide) groups is 1. The van der Waals surface area contributed by atoms with E-state index >= 15 is 0 Å². The van der Waals surface area contributed by atoms with Crippen LogP contribution in [0.2, 0.25) is 0 Å². The van der Waals surface area contributed by atoms with Crippen molar-refractivity contribution in [2.75, 3.05) is 21.3 Å². The molecular formula is C21H20N2O6S. The minimum Gasteiger partial charge on any atom is -0.493 e. The van der Waals surface area contributed by atoms with E-state index in [1.165, 1.54) is 33.5 Å². The van der Waals surface area contributed by atoms with Crippen molar-refractivity contribution in [3.05, 3.63) is 51.9 Å². The number of aryl methyl sites for hydroxylation is 1. The van der Waals surface area contributed by atoms with Gasteiger partial charge in [0.05, 0.1) is 37.5 Å². The molecule has 156 valence electrons. The number of hydrogen-bond acceptors (Lipinski definition) is 7. The van der Waals surface area contributed by atoms with Gasteiger partial charge in [-0.15, -0.1) is 0 Å². The number of amidine groups is 1. The van der Waals surface area contributed by atoms with Crippen LogP contribution in [-0.4, -0.2) is 43.5 Å². The molecule has 3 rings (SSSR count). The van der Waals surface area contributed by atoms with E-state index in [1.807, 2.05) is 6.92 Å². The van der Waals surface area contributed by atoms with Crippen LogP contribution in [-0.2, 0) is 4.79 Å². The lowest BCUT2D eigenvalue weighted by Crippen LogP contribution is -2.19. The van der Waals surface area contributed by atoms with Crippen LogP contribution >= 0.6 is 11.8 Å². The maximum Gasteiger partial charge on any atom is 0.335 e. The highest BCUT2D eigenvalue weighted by molar-refractivity contribution is 8.18. The lowest BCUT2D eigenvalue weighted by Gasteiger charge is -2.12. The van der Waals surface area contributed by atoms with Crippen LogP contribution in [0, 0.1) is 6.92 Å². The molecule has 1 saturated heterocycles. The molecule has 0 saturated carbocycles. The highest BCUT2D eigenvalue weighted by atomic mass is 32.2. The number of carboxylic acids is 1. The van der Waals surface area contributed by atoms with Crippen LogP contribution in [0.4, 0.5) is 5.69 Å². The Balaban J connectivity index is 1.93. The Labute approximate surface area is 177 Å². The molecule has 0 unspecified atom stereocenters. The lowest BCUT2D eigenvalue weighted by atomic mass is 10.1. The lowest BCUT2D eigenvalue weighted by molar-refractivity contribution is -0.115. The summed E-state index contributed by atoms with van der Waals surface area (Å²) >= 11 is 1.16. The average molecular weight is 428 g/mol. The average Bonchev–Trinajstić information content (AvgIpc) is 3.07. The Hall–Kier alpha value is -3.46. The highest BCUT2D eigenvalue weighted by Gasteiger charge is 2.25. The Kier molecular flexibility index (Phi) is 6.31. The molecule has 0 atom stereocenters. The molecule has 1 aliphatic rings. The van der Waals surface area contributed by atoms with Crippen molar-refractivity contribution in [2.45, 2.75) is 6.92 Å². The summed E-state index contributed by atoms with van der Waals surface area (Å²) in [5, 5.41) is 12.2. The number of nitrogens with zero attached hydrogens (tertiary/aromatic N) is 1. The molecular weight excluding hydrogens is 408 g/mol. The first kappa shape index (κ1) is 21.3. The number of nitrogens with one attached hydrogen (secondary N) is 1. The molecule has 8 nitrogen and oxygen atoms in total. The van der Waals surface area contributed by atoms with Crippen molar-refractivity contribution in [3.8, 4) is 17.2 Å². The van der Waals surface area contributed by atoms with E-state index in [2.05, 4.69) is 10.3 Å². The predicted octanol–water partition coefficient (Wildman–Crippen LogP) is 3.61. The zero-order valence-corrected chi connectivity index (χ0v) is 17.6. The number of carboxylic acid groups (broad SMARTS) is 1. The second-order valence-corrected chi connectivity index (χ2v) is 7.28. The topological polar surface area (TPSA) is 106 Å². The van der Waals surface area contributed by atoms with Crippen molar-refractivity contribution in [3.63, 3.8) is 0 Å². The van der Waals surface area contributed by atoms with Crippen molar-refractivity contribution in [1.29, 1.82) is 0 Å². The fourth-order valence-corrected chi connectivity index (χ4v) is 3.62. The van der Waals surface area contributed by atoms with Gasteiger partial charge in [-0.2, -0.15) is 0 Å². The Morgan fingerprint density at radius 3 is 2.33 bits per heavy atom. The van der Waals surface area contributed by atoms with Gasteiger partial charge in [0.2, 0.25) is 5.75 Å². The molecule has 1 fully saturated rings. The van der Waals surface area contributed by atoms with Gasteiger partial charge in [-0.25, -0.2) is 9.79 Å². The number of amides is 1. The summed E-state index contributed by atoms with van der Waals surface area (Å²) < 4.78 is 16.0. The summed E-state index contributed by atoms with van der Waals surface area (Å²) in [4.78, 5) is 28.4. The van der Waals surface area contributed by atoms with Gasteiger partial charge in [-0.1, -0.05) is 6.07 Å². The van der Waals surface area contributed by atoms with E-state index in [9.17, 15) is 14.7 Å². The third kappa shape index (κ3) is 4.41. The first-order valence-corrected chi connectivity index (χ1v) is 9.61. The number of rotatable bonds is 6. The highest BCUT2D eigenvalue weighted by Crippen LogP contribution is 2.39. The SMILES string of the molecule is COc1cc(/C=C2\SC(=Nc3cc(C(=O)O)ccc3C)NC2=O)cc(OC)c1OC. The standard InChI is InChI=1S/C21H20N2O6S/c1-11-5-6-13(20(25)26)10-14(11)22-21-23-19(24)17(30-21)9-12-7-15(27-2)18(29-4)16(8-12)28-3/h5-10H,1-4H3,(H,25,26)(H,22,23,24)/b17-9-. The maximum absolute atomic E-state index is 12.4. The number of carbonyl (C=O) groups excluding carboxylic acids is 1. The van der Waals surface area contributed by atoms with Gasteiger partial charge < -0.3 is 24.6 Å². The van der Waals surface area contributed by atoms with Gasteiger partial charge in [-0.3, -0.25) is 4.79 Å². The van der Waals surface area contributed by atoms with Gasteiger partial charge in [0, 0.05) is 0 Å². The molecule has 0 spiro atoms. The zero-order chi connectivity index (χ0) is 21.8. The molecule has 0 aliphatic carbocycles. The molecule has 2 N–H and O–H groups in total. The van der Waals surface area contributed by atoms with E-state index in [0.29, 0.717) is 38.6 Å². The van der Waals surface area contributed by atoms with Crippen LogP contribution in [0.1, 0.15) is 21.5 Å². The van der Waals surface area contributed by atoms with E-state index < -0.39 is 5.97 Å². The first-order valence-electron chi connectivity index (χ1n) is 8.79. The van der Waals surface area contributed by atoms with E-state index in [4.69, 9.17) is 14.2 Å². The summed E-state index contributed by atoms with van der Waals surface area (Å²) in [6, 6.07) is 8.13. The number of methoxy groups -OCH3 is 3. The smallest absolute Gasteiger partial charge is 0.335 e. The van der Waals surface area contributed by atoms with Gasteiger partial charge in [-0.05, 0) is 60.2 Å². The van der Waals surface area contributed by atoms with Crippen LogP contribution in [0.15, 0.2) is 40.2 Å². The second-order valence-electron chi connectivity index (χ2n) is 6.25. The molecule has 1 heterocycles. The van der Waals surface area contributed by atoms with E-state index in [0.717, 1.165) is 17.3 Å². The van der Waals surface area contributed by atoms with Gasteiger partial charge in [0.25, 0.3) is 5.91 Å². The molecule has 30 heavy (non-hydrogen) atoms. The predicted molar refractivity (Wildman–Crippen MR) is 115 cm³/mol. The largest absolute Gasteiger partial charge is 0.493 e. The Morgan fingerprint density at radius 2 is 1.77 bits per heavy atom. The third-order valence-electron chi connectivity index (χ3n) is 4.31. The van der Waals surface area contributed by atoms with E-state index in [-0.39, 0.29) is 11.5 Å². The summed E-state index contributed by atoms with van der Waals surface area (Å²) in [6.45, 7) is 1.82. The van der Waals surface area contributed by atoms with E-state index in [1.54, 1.807) is 24.3 Å². The monoisotopic (exact) mass is 428 g/mol. The second kappa shape index (κ2) is 8.91. The fourth-order valence-electron chi connectivity index (χ4n) is 2.79. The quantitative estimate of drug-likeness (QED) is 0.677. The number of benzene rings is 2. The molecule has 2 aromatic rings. The summed E-state index contributed by atoms with van der Waals surface area (Å²) in [6.07, 6.45) is 1.69. The molecule has 0 bridgehead atoms. The number of aromatic carboxylic acids is 1. The Morgan fingerprint density at radius 1 is 1.10 bits per heavy atom. The summed E-state index contributed by atoms with van der Waals surface area (Å²) in [5.41, 5.74) is 2.09. The molecule has 1 aliphatic heterocycles. The van der Waals surface area contributed by atoms with Gasteiger partial charge >= 0.3 is 5.97 Å².